The van der Waals surface area contributed by atoms with E-state index in [4.69, 9.17) is 19.3 Å². The van der Waals surface area contributed by atoms with Crippen LogP contribution in [0.3, 0.4) is 0 Å². The second-order valence-corrected chi connectivity index (χ2v) is 5.76. The third kappa shape index (κ3) is 7.01. The molecule has 1 heterocycles. The summed E-state index contributed by atoms with van der Waals surface area (Å²) >= 11 is 0. The quantitative estimate of drug-likeness (QED) is 0.627. The van der Waals surface area contributed by atoms with Crippen LogP contribution < -0.4 is 4.74 Å². The molecule has 0 bridgehead atoms. The summed E-state index contributed by atoms with van der Waals surface area (Å²) in [6.07, 6.45) is 7.75. The van der Waals surface area contributed by atoms with Crippen LogP contribution in [0.25, 0.3) is 0 Å². The molecule has 0 saturated carbocycles. The van der Waals surface area contributed by atoms with Gasteiger partial charge in [0.1, 0.15) is 5.75 Å². The van der Waals surface area contributed by atoms with Crippen molar-refractivity contribution in [3.05, 3.63) is 29.8 Å². The minimum absolute atomic E-state index is 0.0379. The van der Waals surface area contributed by atoms with E-state index in [1.807, 2.05) is 0 Å². The van der Waals surface area contributed by atoms with Crippen LogP contribution in [0.4, 0.5) is 0 Å². The summed E-state index contributed by atoms with van der Waals surface area (Å²) in [4.78, 5) is 10.7. The molecule has 1 aliphatic rings. The summed E-state index contributed by atoms with van der Waals surface area (Å²) in [6.45, 7) is 2.29. The molecular weight excluding hydrogens is 296 g/mol. The smallest absolute Gasteiger partial charge is 0.335 e. The maximum Gasteiger partial charge on any atom is 0.335 e. The predicted molar refractivity (Wildman–Crippen MR) is 86.9 cm³/mol. The fraction of sp³-hybridized carbons (Fsp3) is 0.611. The summed E-state index contributed by atoms with van der Waals surface area (Å²) in [5.74, 6) is -0.194. The lowest BCUT2D eigenvalue weighted by Gasteiger charge is -2.10. The molecule has 1 unspecified atom stereocenters. The van der Waals surface area contributed by atoms with Crippen molar-refractivity contribution in [3.8, 4) is 5.75 Å². The highest BCUT2D eigenvalue weighted by Gasteiger charge is 2.14. The van der Waals surface area contributed by atoms with Crippen molar-refractivity contribution in [3.63, 3.8) is 0 Å². The first-order chi connectivity index (χ1) is 11.3. The molecule has 1 atom stereocenters. The Labute approximate surface area is 137 Å². The van der Waals surface area contributed by atoms with E-state index in [1.165, 1.54) is 12.8 Å². The van der Waals surface area contributed by atoms with E-state index in [0.717, 1.165) is 51.1 Å². The number of carboxylic acid groups (broad SMARTS) is 1. The number of rotatable bonds is 11. The number of benzene rings is 1. The SMILES string of the molecule is O=C(O)c1ccc(OCCCCCCCOC2CCCO2)cc1. The average Bonchev–Trinajstić information content (AvgIpc) is 3.07. The van der Waals surface area contributed by atoms with Gasteiger partial charge in [-0.25, -0.2) is 4.79 Å². The molecular formula is C18H26O5. The van der Waals surface area contributed by atoms with Gasteiger partial charge in [0.15, 0.2) is 6.29 Å². The highest BCUT2D eigenvalue weighted by atomic mass is 16.7. The average molecular weight is 322 g/mol. The van der Waals surface area contributed by atoms with Crippen LogP contribution >= 0.6 is 0 Å². The molecule has 2 rings (SSSR count). The van der Waals surface area contributed by atoms with Crippen molar-refractivity contribution >= 4 is 5.97 Å². The van der Waals surface area contributed by atoms with Crippen LogP contribution in [0.15, 0.2) is 24.3 Å². The van der Waals surface area contributed by atoms with Crippen molar-refractivity contribution in [2.24, 2.45) is 0 Å². The van der Waals surface area contributed by atoms with Crippen LogP contribution in [0, 0.1) is 0 Å². The zero-order valence-electron chi connectivity index (χ0n) is 13.5. The standard InChI is InChI=1S/C18H26O5/c19-18(20)15-8-10-16(11-9-15)21-12-4-2-1-3-5-13-22-17-7-6-14-23-17/h8-11,17H,1-7,12-14H2,(H,19,20). The second kappa shape index (κ2) is 10.2. The third-order valence-electron chi connectivity index (χ3n) is 3.85. The molecule has 5 heteroatoms. The number of carbonyl (C=O) groups is 1. The molecule has 5 nitrogen and oxygen atoms in total. The Morgan fingerprint density at radius 1 is 1.09 bits per heavy atom. The number of carboxylic acids is 1. The summed E-state index contributed by atoms with van der Waals surface area (Å²) in [6, 6.07) is 6.52. The summed E-state index contributed by atoms with van der Waals surface area (Å²) in [5, 5.41) is 8.82. The van der Waals surface area contributed by atoms with E-state index in [-0.39, 0.29) is 11.9 Å². The van der Waals surface area contributed by atoms with Crippen LogP contribution in [0.1, 0.15) is 55.3 Å². The van der Waals surface area contributed by atoms with Crippen LogP contribution in [-0.2, 0) is 9.47 Å². The molecule has 0 aromatic heterocycles. The number of unbranched alkanes of at least 4 members (excludes halogenated alkanes) is 4. The molecule has 1 N–H and O–H groups in total. The predicted octanol–water partition coefficient (Wildman–Crippen LogP) is 3.87. The Balaban J connectivity index is 1.42. The molecule has 1 aromatic carbocycles. The lowest BCUT2D eigenvalue weighted by Crippen LogP contribution is -2.11. The van der Waals surface area contributed by atoms with Gasteiger partial charge in [0.05, 0.1) is 12.2 Å². The first kappa shape index (κ1) is 17.8. The Bertz CT molecular complexity index is 451. The Morgan fingerprint density at radius 2 is 1.78 bits per heavy atom. The Hall–Kier alpha value is -1.59. The first-order valence-corrected chi connectivity index (χ1v) is 8.45. The fourth-order valence-corrected chi connectivity index (χ4v) is 2.51. The van der Waals surface area contributed by atoms with E-state index in [0.29, 0.717) is 6.61 Å². The largest absolute Gasteiger partial charge is 0.494 e. The van der Waals surface area contributed by atoms with Crippen molar-refractivity contribution in [1.82, 2.24) is 0 Å². The van der Waals surface area contributed by atoms with Gasteiger partial charge in [0.2, 0.25) is 0 Å². The fourth-order valence-electron chi connectivity index (χ4n) is 2.51. The monoisotopic (exact) mass is 322 g/mol. The van der Waals surface area contributed by atoms with Gasteiger partial charge in [0.25, 0.3) is 0 Å². The van der Waals surface area contributed by atoms with E-state index >= 15 is 0 Å². The minimum Gasteiger partial charge on any atom is -0.494 e. The van der Waals surface area contributed by atoms with Gasteiger partial charge in [-0.1, -0.05) is 19.3 Å². The zero-order chi connectivity index (χ0) is 16.3. The van der Waals surface area contributed by atoms with Gasteiger partial charge in [0, 0.05) is 19.6 Å². The topological polar surface area (TPSA) is 65.0 Å². The van der Waals surface area contributed by atoms with Gasteiger partial charge in [-0.2, -0.15) is 0 Å². The summed E-state index contributed by atoms with van der Waals surface area (Å²) in [7, 11) is 0. The van der Waals surface area contributed by atoms with Gasteiger partial charge in [-0.15, -0.1) is 0 Å². The normalized spacial score (nSPS) is 17.3. The van der Waals surface area contributed by atoms with Crippen LogP contribution in [-0.4, -0.2) is 37.2 Å². The Morgan fingerprint density at radius 3 is 2.43 bits per heavy atom. The highest BCUT2D eigenvalue weighted by Crippen LogP contribution is 2.15. The zero-order valence-corrected chi connectivity index (χ0v) is 13.5. The summed E-state index contributed by atoms with van der Waals surface area (Å²) in [5.41, 5.74) is 0.280. The van der Waals surface area contributed by atoms with Crippen molar-refractivity contribution < 1.29 is 24.1 Å². The van der Waals surface area contributed by atoms with Crippen molar-refractivity contribution in [2.75, 3.05) is 19.8 Å². The molecule has 0 radical (unpaired) electrons. The molecule has 0 aliphatic carbocycles. The van der Waals surface area contributed by atoms with Gasteiger partial charge in [-0.3, -0.25) is 0 Å². The highest BCUT2D eigenvalue weighted by molar-refractivity contribution is 5.87. The molecule has 23 heavy (non-hydrogen) atoms. The van der Waals surface area contributed by atoms with E-state index in [9.17, 15) is 4.79 Å². The van der Waals surface area contributed by atoms with Gasteiger partial charge >= 0.3 is 5.97 Å². The number of hydrogen-bond acceptors (Lipinski definition) is 4. The van der Waals surface area contributed by atoms with E-state index in [2.05, 4.69) is 0 Å². The molecule has 128 valence electrons. The lowest BCUT2D eigenvalue weighted by atomic mass is 10.1. The van der Waals surface area contributed by atoms with Crippen molar-refractivity contribution in [2.45, 2.75) is 51.2 Å². The van der Waals surface area contributed by atoms with Crippen molar-refractivity contribution in [1.29, 1.82) is 0 Å². The van der Waals surface area contributed by atoms with Gasteiger partial charge < -0.3 is 19.3 Å². The third-order valence-corrected chi connectivity index (χ3v) is 3.85. The van der Waals surface area contributed by atoms with E-state index < -0.39 is 5.97 Å². The Kier molecular flexibility index (Phi) is 7.90. The molecule has 0 amide bonds. The number of hydrogen-bond donors (Lipinski definition) is 1. The molecule has 1 aliphatic heterocycles. The molecule has 0 spiro atoms. The molecule has 1 fully saturated rings. The summed E-state index contributed by atoms with van der Waals surface area (Å²) < 4.78 is 16.6. The number of aromatic carboxylic acids is 1. The lowest BCUT2D eigenvalue weighted by molar-refractivity contribution is -0.111. The molecule has 1 aromatic rings. The van der Waals surface area contributed by atoms with Crippen LogP contribution in [0.2, 0.25) is 0 Å². The van der Waals surface area contributed by atoms with Gasteiger partial charge in [-0.05, 0) is 43.5 Å². The molecule has 1 saturated heterocycles. The maximum atomic E-state index is 10.7. The first-order valence-electron chi connectivity index (χ1n) is 8.45. The minimum atomic E-state index is -0.917. The number of ether oxygens (including phenoxy) is 3. The van der Waals surface area contributed by atoms with Crippen LogP contribution in [0.5, 0.6) is 5.75 Å². The second-order valence-electron chi connectivity index (χ2n) is 5.76. The van der Waals surface area contributed by atoms with E-state index in [1.54, 1.807) is 24.3 Å². The maximum absolute atomic E-state index is 10.7.